The molecule has 0 saturated heterocycles. The average molecular weight is 325 g/mol. The third kappa shape index (κ3) is 5.01. The van der Waals surface area contributed by atoms with E-state index >= 15 is 0 Å². The first-order valence-corrected chi connectivity index (χ1v) is 8.72. The maximum atomic E-state index is 13.0. The number of hydrogen-bond donors (Lipinski definition) is 2. The summed E-state index contributed by atoms with van der Waals surface area (Å²) >= 11 is 1.53. The third-order valence-electron chi connectivity index (χ3n) is 2.69. The molecule has 0 aromatic heterocycles. The summed E-state index contributed by atoms with van der Waals surface area (Å²) in [7, 11) is -3.98. The van der Waals surface area contributed by atoms with Gasteiger partial charge in [0.15, 0.2) is 11.6 Å². The van der Waals surface area contributed by atoms with Crippen molar-refractivity contribution in [1.82, 2.24) is 4.72 Å². The molecule has 8 heteroatoms. The molecular formula is C12H17F2NO3S2. The zero-order valence-corrected chi connectivity index (χ0v) is 12.8. The van der Waals surface area contributed by atoms with Gasteiger partial charge in [-0.2, -0.15) is 11.8 Å². The first-order valence-electron chi connectivity index (χ1n) is 5.84. The Hall–Kier alpha value is -0.700. The summed E-state index contributed by atoms with van der Waals surface area (Å²) in [5.74, 6) is -1.67. The Balaban J connectivity index is 2.77. The summed E-state index contributed by atoms with van der Waals surface area (Å²) in [5, 5.41) is 9.98. The monoisotopic (exact) mass is 325 g/mol. The zero-order valence-electron chi connectivity index (χ0n) is 11.2. The molecule has 4 nitrogen and oxygen atoms in total. The van der Waals surface area contributed by atoms with Crippen LogP contribution in [-0.2, 0) is 10.0 Å². The molecule has 2 N–H and O–H groups in total. The van der Waals surface area contributed by atoms with Gasteiger partial charge in [0.1, 0.15) is 0 Å². The van der Waals surface area contributed by atoms with E-state index < -0.39 is 27.3 Å². The van der Waals surface area contributed by atoms with Crippen LogP contribution in [-0.4, -0.2) is 37.7 Å². The first kappa shape index (κ1) is 17.4. The van der Waals surface area contributed by atoms with E-state index in [9.17, 15) is 22.3 Å². The van der Waals surface area contributed by atoms with Gasteiger partial charge in [-0.25, -0.2) is 21.9 Å². The van der Waals surface area contributed by atoms with Gasteiger partial charge < -0.3 is 5.11 Å². The highest BCUT2D eigenvalue weighted by atomic mass is 32.2. The van der Waals surface area contributed by atoms with Crippen LogP contribution in [0.1, 0.15) is 13.3 Å². The van der Waals surface area contributed by atoms with E-state index in [4.69, 9.17) is 0 Å². The van der Waals surface area contributed by atoms with E-state index in [-0.39, 0.29) is 11.4 Å². The van der Waals surface area contributed by atoms with Crippen molar-refractivity contribution >= 4 is 21.8 Å². The number of benzene rings is 1. The Kier molecular flexibility index (Phi) is 5.93. The van der Waals surface area contributed by atoms with Gasteiger partial charge in [-0.05, 0) is 43.6 Å². The smallest absolute Gasteiger partial charge is 0.240 e. The number of hydrogen-bond acceptors (Lipinski definition) is 4. The predicted octanol–water partition coefficient (Wildman–Crippen LogP) is 1.75. The number of aliphatic hydroxyl groups is 1. The number of rotatable bonds is 7. The molecule has 0 bridgehead atoms. The van der Waals surface area contributed by atoms with E-state index in [1.54, 1.807) is 0 Å². The molecule has 1 rings (SSSR count). The lowest BCUT2D eigenvalue weighted by Gasteiger charge is -2.23. The van der Waals surface area contributed by atoms with Gasteiger partial charge in [0, 0.05) is 6.54 Å². The lowest BCUT2D eigenvalue weighted by Crippen LogP contribution is -2.41. The molecule has 0 amide bonds. The SMILES string of the molecule is CSCC[C@@](C)(O)CNS(=O)(=O)c1ccc(F)c(F)c1. The van der Waals surface area contributed by atoms with Gasteiger partial charge >= 0.3 is 0 Å². The van der Waals surface area contributed by atoms with Gasteiger partial charge in [-0.1, -0.05) is 0 Å². The number of sulfonamides is 1. The molecule has 0 spiro atoms. The van der Waals surface area contributed by atoms with Crippen molar-refractivity contribution in [2.45, 2.75) is 23.8 Å². The van der Waals surface area contributed by atoms with Crippen molar-refractivity contribution < 1.29 is 22.3 Å². The molecule has 0 aliphatic heterocycles. The van der Waals surface area contributed by atoms with Crippen molar-refractivity contribution in [3.8, 4) is 0 Å². The Morgan fingerprint density at radius 3 is 2.55 bits per heavy atom. The molecule has 0 heterocycles. The summed E-state index contributed by atoms with van der Waals surface area (Å²) in [6.07, 6.45) is 2.29. The second-order valence-corrected chi connectivity index (χ2v) is 7.39. The van der Waals surface area contributed by atoms with E-state index in [0.29, 0.717) is 18.2 Å². The van der Waals surface area contributed by atoms with Crippen molar-refractivity contribution in [2.24, 2.45) is 0 Å². The zero-order chi connectivity index (χ0) is 15.4. The number of thioether (sulfide) groups is 1. The van der Waals surface area contributed by atoms with Gasteiger partial charge in [0.2, 0.25) is 10.0 Å². The van der Waals surface area contributed by atoms with Crippen LogP contribution in [0.3, 0.4) is 0 Å². The molecule has 1 aromatic rings. The standard InChI is InChI=1S/C12H17F2NO3S2/c1-12(16,5-6-19-2)8-15-20(17,18)9-3-4-10(13)11(14)7-9/h3-4,7,15-16H,5-6,8H2,1-2H3/t12-/m1/s1. The van der Waals surface area contributed by atoms with Crippen LogP contribution in [0.5, 0.6) is 0 Å². The molecule has 1 atom stereocenters. The summed E-state index contributed by atoms with van der Waals surface area (Å²) < 4.78 is 51.8. The minimum absolute atomic E-state index is 0.200. The summed E-state index contributed by atoms with van der Waals surface area (Å²) in [5.41, 5.74) is -1.20. The van der Waals surface area contributed by atoms with Crippen molar-refractivity contribution in [1.29, 1.82) is 0 Å². The summed E-state index contributed by atoms with van der Waals surface area (Å²) in [6.45, 7) is 1.31. The van der Waals surface area contributed by atoms with Gasteiger partial charge in [0.05, 0.1) is 10.5 Å². The lowest BCUT2D eigenvalue weighted by atomic mass is 10.1. The normalized spacial score (nSPS) is 15.1. The minimum atomic E-state index is -3.98. The summed E-state index contributed by atoms with van der Waals surface area (Å²) in [4.78, 5) is -0.378. The number of nitrogens with one attached hydrogen (secondary N) is 1. The van der Waals surface area contributed by atoms with Crippen molar-refractivity contribution in [3.05, 3.63) is 29.8 Å². The Bertz CT molecular complexity index is 562. The van der Waals surface area contributed by atoms with Gasteiger partial charge in [0.25, 0.3) is 0 Å². The highest BCUT2D eigenvalue weighted by Gasteiger charge is 2.24. The molecule has 114 valence electrons. The molecule has 0 saturated carbocycles. The van der Waals surface area contributed by atoms with Crippen molar-refractivity contribution in [2.75, 3.05) is 18.6 Å². The molecule has 20 heavy (non-hydrogen) atoms. The van der Waals surface area contributed by atoms with E-state index in [1.807, 2.05) is 6.26 Å². The third-order valence-corrected chi connectivity index (χ3v) is 4.70. The molecule has 1 aromatic carbocycles. The number of halogens is 2. The van der Waals surface area contributed by atoms with E-state index in [0.717, 1.165) is 12.1 Å². The highest BCUT2D eigenvalue weighted by Crippen LogP contribution is 2.16. The van der Waals surface area contributed by atoms with Crippen LogP contribution in [0.25, 0.3) is 0 Å². The van der Waals surface area contributed by atoms with Crippen LogP contribution in [0.4, 0.5) is 8.78 Å². The van der Waals surface area contributed by atoms with Gasteiger partial charge in [-0.3, -0.25) is 0 Å². The average Bonchev–Trinajstić information content (AvgIpc) is 2.37. The fourth-order valence-electron chi connectivity index (χ4n) is 1.39. The molecule has 0 fully saturated rings. The van der Waals surface area contributed by atoms with Crippen LogP contribution in [0, 0.1) is 11.6 Å². The molecule has 0 aliphatic carbocycles. The Morgan fingerprint density at radius 1 is 1.35 bits per heavy atom. The van der Waals surface area contributed by atoms with Crippen LogP contribution < -0.4 is 4.72 Å². The highest BCUT2D eigenvalue weighted by molar-refractivity contribution is 7.98. The maximum absolute atomic E-state index is 13.0. The Morgan fingerprint density at radius 2 is 2.00 bits per heavy atom. The maximum Gasteiger partial charge on any atom is 0.240 e. The minimum Gasteiger partial charge on any atom is -0.389 e. The van der Waals surface area contributed by atoms with Gasteiger partial charge in [-0.15, -0.1) is 0 Å². The second-order valence-electron chi connectivity index (χ2n) is 4.64. The largest absolute Gasteiger partial charge is 0.389 e. The lowest BCUT2D eigenvalue weighted by molar-refractivity contribution is 0.0626. The second kappa shape index (κ2) is 6.84. The molecular weight excluding hydrogens is 308 g/mol. The van der Waals surface area contributed by atoms with Crippen LogP contribution in [0.15, 0.2) is 23.1 Å². The van der Waals surface area contributed by atoms with Crippen LogP contribution >= 0.6 is 11.8 Å². The van der Waals surface area contributed by atoms with Crippen molar-refractivity contribution in [3.63, 3.8) is 0 Å². The van der Waals surface area contributed by atoms with E-state index in [2.05, 4.69) is 4.72 Å². The molecule has 0 aliphatic rings. The molecule has 0 unspecified atom stereocenters. The summed E-state index contributed by atoms with van der Waals surface area (Å²) in [6, 6.07) is 2.32. The quantitative estimate of drug-likeness (QED) is 0.801. The fourth-order valence-corrected chi connectivity index (χ4v) is 3.21. The first-order chi connectivity index (χ1) is 9.18. The fraction of sp³-hybridized carbons (Fsp3) is 0.500. The van der Waals surface area contributed by atoms with Crippen LogP contribution in [0.2, 0.25) is 0 Å². The van der Waals surface area contributed by atoms with E-state index in [1.165, 1.54) is 18.7 Å². The predicted molar refractivity (Wildman–Crippen MR) is 75.2 cm³/mol. The molecule has 0 radical (unpaired) electrons. The Labute approximate surface area is 121 Å². The topological polar surface area (TPSA) is 66.4 Å².